The number of carbonyl (C=O) groups excluding carboxylic acids is 2. The molecule has 6 rings (SSSR count). The Morgan fingerprint density at radius 2 is 1.85 bits per heavy atom. The van der Waals surface area contributed by atoms with E-state index in [2.05, 4.69) is 16.4 Å². The van der Waals surface area contributed by atoms with Crippen molar-refractivity contribution >= 4 is 11.8 Å². The maximum Gasteiger partial charge on any atom is 0.405 e. The van der Waals surface area contributed by atoms with Crippen molar-refractivity contribution < 1.29 is 37.7 Å². The van der Waals surface area contributed by atoms with Crippen LogP contribution in [-0.4, -0.2) is 105 Å². The fraction of sp³-hybridized carbons (Fsp3) is 0.385. The van der Waals surface area contributed by atoms with E-state index in [9.17, 15) is 33.0 Å². The summed E-state index contributed by atoms with van der Waals surface area (Å²) in [5.41, 5.74) is 3.69. The van der Waals surface area contributed by atoms with Crippen LogP contribution in [0.1, 0.15) is 34.7 Å². The van der Waals surface area contributed by atoms with Crippen LogP contribution in [0.3, 0.4) is 0 Å². The van der Waals surface area contributed by atoms with E-state index < -0.39 is 54.7 Å². The highest BCUT2D eigenvalue weighted by molar-refractivity contribution is 5.82. The van der Waals surface area contributed by atoms with Crippen molar-refractivity contribution in [2.24, 2.45) is 5.92 Å². The molecular formula is C39H42F3N7O5. The number of β-amino-alcohol motifs (C(OH)–C–C–N with tert-alkyl or cyclic N) is 1. The predicted octanol–water partition coefficient (Wildman–Crippen LogP) is 3.13. The number of alkyl halides is 3. The number of aliphatic hydroxyl groups excluding tert-OH is 2. The molecule has 15 heteroatoms. The summed E-state index contributed by atoms with van der Waals surface area (Å²) >= 11 is 0. The molecule has 12 nitrogen and oxygen atoms in total. The molecule has 4 heterocycles. The number of hydrogen-bond acceptors (Lipinski definition) is 9. The fourth-order valence-corrected chi connectivity index (χ4v) is 7.01. The molecule has 1 unspecified atom stereocenters. The van der Waals surface area contributed by atoms with Gasteiger partial charge in [-0.3, -0.25) is 24.4 Å². The molecule has 0 saturated carbocycles. The fourth-order valence-electron chi connectivity index (χ4n) is 7.01. The molecule has 0 radical (unpaired) electrons. The predicted molar refractivity (Wildman–Crippen MR) is 191 cm³/mol. The average molecular weight is 746 g/mol. The van der Waals surface area contributed by atoms with E-state index in [1.807, 2.05) is 51.4 Å². The number of fused-ring (bicyclic) bond motifs is 1. The van der Waals surface area contributed by atoms with E-state index in [1.54, 1.807) is 59.8 Å². The number of amides is 2. The monoisotopic (exact) mass is 745 g/mol. The molecule has 5 atom stereocenters. The van der Waals surface area contributed by atoms with Gasteiger partial charge in [-0.1, -0.05) is 24.3 Å². The van der Waals surface area contributed by atoms with Crippen molar-refractivity contribution in [1.29, 1.82) is 5.26 Å². The van der Waals surface area contributed by atoms with Crippen molar-refractivity contribution in [3.8, 4) is 17.5 Å². The molecule has 0 aliphatic carbocycles. The number of nitrogens with zero attached hydrogens (tertiary/aromatic N) is 5. The molecule has 0 spiro atoms. The number of halogens is 3. The summed E-state index contributed by atoms with van der Waals surface area (Å²) in [7, 11) is 0. The van der Waals surface area contributed by atoms with E-state index in [4.69, 9.17) is 10.00 Å². The zero-order valence-electron chi connectivity index (χ0n) is 29.4. The van der Waals surface area contributed by atoms with Gasteiger partial charge >= 0.3 is 6.18 Å². The summed E-state index contributed by atoms with van der Waals surface area (Å²) in [5.74, 6) is -1.44. The zero-order chi connectivity index (χ0) is 38.2. The molecule has 1 saturated heterocycles. The van der Waals surface area contributed by atoms with Gasteiger partial charge in [0.05, 0.1) is 23.8 Å². The quantitative estimate of drug-likeness (QED) is 0.162. The smallest absolute Gasteiger partial charge is 0.405 e. The van der Waals surface area contributed by atoms with Crippen molar-refractivity contribution in [2.75, 3.05) is 39.3 Å². The van der Waals surface area contributed by atoms with Gasteiger partial charge in [-0.25, -0.2) is 0 Å². The highest BCUT2D eigenvalue weighted by Crippen LogP contribution is 2.32. The molecule has 54 heavy (non-hydrogen) atoms. The van der Waals surface area contributed by atoms with Crippen LogP contribution < -0.4 is 15.4 Å². The van der Waals surface area contributed by atoms with E-state index in [-0.39, 0.29) is 39.1 Å². The summed E-state index contributed by atoms with van der Waals surface area (Å²) in [4.78, 5) is 35.0. The number of piperazine rings is 1. The van der Waals surface area contributed by atoms with Crippen molar-refractivity contribution in [1.82, 2.24) is 30.0 Å². The molecule has 1 fully saturated rings. The number of aliphatic hydroxyl groups is 2. The summed E-state index contributed by atoms with van der Waals surface area (Å²) in [5, 5.41) is 36.3. The number of nitrogens with one attached hydrogen (secondary N) is 2. The summed E-state index contributed by atoms with van der Waals surface area (Å²) < 4.78 is 47.0. The highest BCUT2D eigenvalue weighted by Gasteiger charge is 2.37. The van der Waals surface area contributed by atoms with Gasteiger partial charge < -0.3 is 30.2 Å². The lowest BCUT2D eigenvalue weighted by Gasteiger charge is -2.41. The summed E-state index contributed by atoms with van der Waals surface area (Å²) in [6, 6.07) is 20.0. The highest BCUT2D eigenvalue weighted by atomic mass is 19.4. The maximum absolute atomic E-state index is 13.9. The van der Waals surface area contributed by atoms with Crippen molar-refractivity contribution in [3.63, 3.8) is 0 Å². The summed E-state index contributed by atoms with van der Waals surface area (Å²) in [6.07, 6.45) is 0.489. The number of pyridine rings is 1. The van der Waals surface area contributed by atoms with Crippen LogP contribution in [0.5, 0.6) is 5.75 Å². The second-order valence-electron chi connectivity index (χ2n) is 13.7. The van der Waals surface area contributed by atoms with Gasteiger partial charge in [0.2, 0.25) is 11.8 Å². The van der Waals surface area contributed by atoms with E-state index in [0.717, 1.165) is 16.8 Å². The number of aromatic nitrogens is 2. The standard InChI is InChI=1S/C39H42F3N7O5/c40-39(41,42)25-45-38(53)33-23-47(20-28-11-13-48(21-28)30-9-7-26(18-43)8-10-30)14-15-49(33)22-31(50)17-29(16-27-4-3-12-44-19-27)37(52)46-36-32-5-1-2-6-35(32)54-24-34(36)51/h1-13,19,21,29,31,33-34,36,50-51H,14-17,20,22-25H2,(H,45,53)(H,46,52)/t29-,31+,33+,34?,36+/m1/s1. The minimum Gasteiger partial charge on any atom is -0.490 e. The number of carbonyl (C=O) groups is 2. The van der Waals surface area contributed by atoms with Gasteiger partial charge in [0, 0.05) is 74.7 Å². The van der Waals surface area contributed by atoms with Gasteiger partial charge in [-0.05, 0) is 66.4 Å². The Labute approximate surface area is 310 Å². The number of para-hydroxylation sites is 1. The SMILES string of the molecule is N#Cc1ccc(-n2ccc(CN3CCN(C[C@@H](O)C[C@@H](Cc4cccnc4)C(=O)N[C@H]4c5ccccc5OCC4O)[C@H](C(=O)NCC(F)(F)F)C3)c2)cc1. The lowest BCUT2D eigenvalue weighted by Crippen LogP contribution is -2.60. The molecule has 2 aliphatic heterocycles. The van der Waals surface area contributed by atoms with Crippen molar-refractivity contribution in [2.45, 2.75) is 49.9 Å². The third-order valence-corrected chi connectivity index (χ3v) is 9.72. The van der Waals surface area contributed by atoms with Gasteiger partial charge in [0.1, 0.15) is 31.0 Å². The lowest BCUT2D eigenvalue weighted by atomic mass is 9.91. The molecule has 284 valence electrons. The zero-order valence-corrected chi connectivity index (χ0v) is 29.4. The van der Waals surface area contributed by atoms with E-state index in [0.29, 0.717) is 30.0 Å². The molecular weight excluding hydrogens is 703 g/mol. The lowest BCUT2D eigenvalue weighted by molar-refractivity contribution is -0.143. The van der Waals surface area contributed by atoms with Gasteiger partial charge in [0.25, 0.3) is 0 Å². The Hall–Kier alpha value is -5.27. The number of ether oxygens (including phenoxy) is 1. The number of rotatable bonds is 13. The topological polar surface area (TPSA) is 156 Å². The molecule has 4 aromatic rings. The molecule has 2 aliphatic rings. The Morgan fingerprint density at radius 1 is 1.06 bits per heavy atom. The van der Waals surface area contributed by atoms with E-state index in [1.165, 1.54) is 0 Å². The van der Waals surface area contributed by atoms with Crippen LogP contribution in [0, 0.1) is 17.2 Å². The van der Waals surface area contributed by atoms with Crippen LogP contribution in [0.2, 0.25) is 0 Å². The van der Waals surface area contributed by atoms with Gasteiger partial charge in [0.15, 0.2) is 0 Å². The number of nitriles is 1. The van der Waals surface area contributed by atoms with Crippen LogP contribution >= 0.6 is 0 Å². The molecule has 2 aromatic carbocycles. The van der Waals surface area contributed by atoms with Crippen LogP contribution in [0.15, 0.2) is 91.5 Å². The molecule has 2 amide bonds. The normalized spacial score (nSPS) is 20.2. The van der Waals surface area contributed by atoms with Crippen LogP contribution in [0.4, 0.5) is 13.2 Å². The Bertz CT molecular complexity index is 1920. The van der Waals surface area contributed by atoms with Crippen molar-refractivity contribution in [3.05, 3.63) is 114 Å². The first-order chi connectivity index (χ1) is 26.0. The minimum atomic E-state index is -4.60. The Kier molecular flexibility index (Phi) is 12.3. The molecule has 0 bridgehead atoms. The first kappa shape index (κ1) is 38.5. The third kappa shape index (κ3) is 10.0. The molecule has 4 N–H and O–H groups in total. The minimum absolute atomic E-state index is 0.00934. The third-order valence-electron chi connectivity index (χ3n) is 9.72. The van der Waals surface area contributed by atoms with Crippen LogP contribution in [0.25, 0.3) is 5.69 Å². The summed E-state index contributed by atoms with van der Waals surface area (Å²) in [6.45, 7) is -0.269. The average Bonchev–Trinajstić information content (AvgIpc) is 3.63. The largest absolute Gasteiger partial charge is 0.490 e. The van der Waals surface area contributed by atoms with Gasteiger partial charge in [-0.2, -0.15) is 18.4 Å². The maximum atomic E-state index is 13.9. The van der Waals surface area contributed by atoms with E-state index >= 15 is 0 Å². The number of benzene rings is 2. The van der Waals surface area contributed by atoms with Gasteiger partial charge in [-0.15, -0.1) is 0 Å². The first-order valence-corrected chi connectivity index (χ1v) is 17.7. The second-order valence-corrected chi connectivity index (χ2v) is 13.7. The Morgan fingerprint density at radius 3 is 2.59 bits per heavy atom. The van der Waals surface area contributed by atoms with Crippen LogP contribution in [-0.2, 0) is 22.6 Å². The Balaban J connectivity index is 1.14. The first-order valence-electron chi connectivity index (χ1n) is 17.7. The molecule has 2 aromatic heterocycles. The second kappa shape index (κ2) is 17.3. The number of hydrogen-bond donors (Lipinski definition) is 4.